The van der Waals surface area contributed by atoms with Gasteiger partial charge in [0.2, 0.25) is 0 Å². The van der Waals surface area contributed by atoms with E-state index in [1.807, 2.05) is 0 Å². The van der Waals surface area contributed by atoms with Crippen LogP contribution in [0.15, 0.2) is 60.7 Å². The summed E-state index contributed by atoms with van der Waals surface area (Å²) in [4.78, 5) is 22.8. The zero-order chi connectivity index (χ0) is 23.7. The van der Waals surface area contributed by atoms with Gasteiger partial charge >= 0.3 is 0 Å². The van der Waals surface area contributed by atoms with E-state index in [4.69, 9.17) is 5.11 Å². The highest BCUT2D eigenvalue weighted by molar-refractivity contribution is 14.0. The van der Waals surface area contributed by atoms with Crippen LogP contribution in [-0.4, -0.2) is 54.8 Å². The number of hydrogen-bond acceptors (Lipinski definition) is 6. The van der Waals surface area contributed by atoms with Gasteiger partial charge in [0.05, 0.1) is 48.4 Å². The second kappa shape index (κ2) is 13.4. The van der Waals surface area contributed by atoms with Gasteiger partial charge in [0.1, 0.15) is 6.54 Å². The number of aliphatic hydroxyl groups excluding tert-OH is 1. The van der Waals surface area contributed by atoms with Crippen LogP contribution in [0.4, 0.5) is 0 Å². The van der Waals surface area contributed by atoms with Crippen molar-refractivity contribution in [1.29, 1.82) is 0 Å². The molecule has 8 heteroatoms. The third-order valence-corrected chi connectivity index (χ3v) is 6.72. The second-order valence-corrected chi connectivity index (χ2v) is 8.54. The summed E-state index contributed by atoms with van der Waals surface area (Å²) in [6.07, 6.45) is 0. The summed E-state index contributed by atoms with van der Waals surface area (Å²) >= 11 is 0.668. The number of carbonyl (C=O) groups is 2. The quantitative estimate of drug-likeness (QED) is 0.325. The molecule has 3 rings (SSSR count). The molecule has 1 heterocycles. The van der Waals surface area contributed by atoms with Crippen LogP contribution in [0.3, 0.4) is 0 Å². The van der Waals surface area contributed by atoms with E-state index in [0.29, 0.717) is 40.2 Å². The molecule has 0 aliphatic carbocycles. The van der Waals surface area contributed by atoms with Crippen LogP contribution in [0.25, 0.3) is 22.3 Å². The number of rotatable bonds is 8. The van der Waals surface area contributed by atoms with Crippen molar-refractivity contribution in [3.8, 4) is 22.3 Å². The van der Waals surface area contributed by atoms with Crippen LogP contribution in [0, 0.1) is 0 Å². The van der Waals surface area contributed by atoms with Crippen molar-refractivity contribution in [2.75, 3.05) is 33.3 Å². The monoisotopic (exact) mass is 582 g/mol. The molecule has 6 nitrogen and oxygen atoms in total. The summed E-state index contributed by atoms with van der Waals surface area (Å²) in [5, 5.41) is 31.6. The lowest BCUT2D eigenvalue weighted by Gasteiger charge is -2.31. The maximum atomic E-state index is 11.5. The molecule has 0 bridgehead atoms. The van der Waals surface area contributed by atoms with E-state index >= 15 is 0 Å². The number of thiophene rings is 1. The molecule has 0 amide bonds. The second-order valence-electron chi connectivity index (χ2n) is 7.52. The van der Waals surface area contributed by atoms with Gasteiger partial charge in [-0.1, -0.05) is 60.7 Å². The van der Waals surface area contributed by atoms with Crippen LogP contribution in [0.5, 0.6) is 0 Å². The van der Waals surface area contributed by atoms with E-state index in [1.165, 1.54) is 0 Å². The maximum Gasteiger partial charge on any atom is 0.102 e. The molecule has 0 radical (unpaired) electrons. The third kappa shape index (κ3) is 7.36. The van der Waals surface area contributed by atoms with Gasteiger partial charge in [-0.2, -0.15) is 0 Å². The number of hydrogen-bond donors (Lipinski definition) is 1. The highest BCUT2D eigenvalue weighted by atomic mass is 127. The van der Waals surface area contributed by atoms with Gasteiger partial charge in [-0.15, -0.1) is 35.3 Å². The van der Waals surface area contributed by atoms with Crippen LogP contribution in [0.1, 0.15) is 33.2 Å². The molecule has 0 fully saturated rings. The Kier molecular flexibility index (Phi) is 11.7. The number of halogens is 1. The standard InChI is InChI=1S/C18H12O4S.C7H18NO.HI/c19-17(20)15-13(11-7-3-1-4-8-11)14(16(23-15)18(21)22)12-9-5-2-6-10-12;1-4-8(3,5-2)6-7-9;/h1-10H,(H,19,20)(H,21,22);9H,4-7H2,1-3H3;1H/q;+1;/p-2. The molecule has 0 unspecified atom stereocenters. The molecular weight excluding hydrogens is 553 g/mol. The Morgan fingerprint density at radius 2 is 1.18 bits per heavy atom. The van der Waals surface area contributed by atoms with Gasteiger partial charge in [-0.25, -0.2) is 0 Å². The smallest absolute Gasteiger partial charge is 0.102 e. The Labute approximate surface area is 215 Å². The molecule has 1 aromatic heterocycles. The molecule has 0 atom stereocenters. The SMILES string of the molecule is CC[N+](C)(CC)CCO.I.O=C([O-])c1sc(C(=O)[O-])c(-c2ccccc2)c1-c1ccccc1. The number of aromatic carboxylic acids is 2. The van der Waals surface area contributed by atoms with Crippen molar-refractivity contribution < 1.29 is 29.4 Å². The molecule has 2 aromatic carbocycles. The van der Waals surface area contributed by atoms with Crippen LogP contribution < -0.4 is 10.2 Å². The number of likely N-dealkylation sites (N-methyl/N-ethyl adjacent to an activating group) is 1. The van der Waals surface area contributed by atoms with Crippen molar-refractivity contribution in [3.63, 3.8) is 0 Å². The minimum Gasteiger partial charge on any atom is -0.544 e. The number of nitrogens with zero attached hydrogens (tertiary/aromatic N) is 1. The van der Waals surface area contributed by atoms with E-state index in [1.54, 1.807) is 60.7 Å². The third-order valence-electron chi connectivity index (χ3n) is 5.57. The molecule has 0 saturated heterocycles. The Balaban J connectivity index is 0.000000467. The first-order valence-electron chi connectivity index (χ1n) is 10.4. The zero-order valence-corrected chi connectivity index (χ0v) is 22.1. The van der Waals surface area contributed by atoms with Crippen molar-refractivity contribution in [2.45, 2.75) is 13.8 Å². The van der Waals surface area contributed by atoms with Gasteiger partial charge in [-0.05, 0) is 25.0 Å². The fraction of sp³-hybridized carbons (Fsp3) is 0.280. The van der Waals surface area contributed by atoms with E-state index in [9.17, 15) is 19.8 Å². The Bertz CT molecular complexity index is 962. The number of carbonyl (C=O) groups excluding carboxylic acids is 2. The molecule has 1 N–H and O–H groups in total. The molecular formula is C25H29INO5S-. The summed E-state index contributed by atoms with van der Waals surface area (Å²) in [5.41, 5.74) is 1.94. The van der Waals surface area contributed by atoms with Crippen LogP contribution in [0.2, 0.25) is 0 Å². The molecule has 0 spiro atoms. The van der Waals surface area contributed by atoms with E-state index in [2.05, 4.69) is 20.9 Å². The highest BCUT2D eigenvalue weighted by Crippen LogP contribution is 2.42. The predicted molar refractivity (Wildman–Crippen MR) is 138 cm³/mol. The van der Waals surface area contributed by atoms with Gasteiger partial charge in [0.25, 0.3) is 0 Å². The lowest BCUT2D eigenvalue weighted by Crippen LogP contribution is -2.45. The van der Waals surface area contributed by atoms with Crippen molar-refractivity contribution in [1.82, 2.24) is 0 Å². The van der Waals surface area contributed by atoms with Crippen molar-refractivity contribution >= 4 is 47.3 Å². The van der Waals surface area contributed by atoms with Crippen molar-refractivity contribution in [2.24, 2.45) is 0 Å². The van der Waals surface area contributed by atoms with Crippen LogP contribution >= 0.6 is 35.3 Å². The molecule has 3 aromatic rings. The molecule has 0 aliphatic heterocycles. The first kappa shape index (κ1) is 28.8. The van der Waals surface area contributed by atoms with Crippen molar-refractivity contribution in [3.05, 3.63) is 70.4 Å². The Morgan fingerprint density at radius 3 is 1.42 bits per heavy atom. The number of quaternary nitrogens is 1. The molecule has 0 aliphatic rings. The Morgan fingerprint density at radius 1 is 0.818 bits per heavy atom. The van der Waals surface area contributed by atoms with Gasteiger partial charge in [0.15, 0.2) is 0 Å². The minimum absolute atomic E-state index is 0. The number of carboxylic acid groups (broad SMARTS) is 2. The number of carboxylic acids is 2. The first-order valence-corrected chi connectivity index (χ1v) is 11.2. The fourth-order valence-electron chi connectivity index (χ4n) is 3.26. The van der Waals surface area contributed by atoms with E-state index in [0.717, 1.165) is 24.1 Å². The topological polar surface area (TPSA) is 100 Å². The van der Waals surface area contributed by atoms with Crippen LogP contribution in [-0.2, 0) is 0 Å². The summed E-state index contributed by atoms with van der Waals surface area (Å²) in [5.74, 6) is -2.81. The summed E-state index contributed by atoms with van der Waals surface area (Å²) in [7, 11) is 2.16. The maximum absolute atomic E-state index is 11.5. The summed E-state index contributed by atoms with van der Waals surface area (Å²) < 4.78 is 0.983. The number of benzene rings is 2. The van der Waals surface area contributed by atoms with E-state index < -0.39 is 11.9 Å². The average molecular weight is 582 g/mol. The highest BCUT2D eigenvalue weighted by Gasteiger charge is 2.22. The van der Waals surface area contributed by atoms with Gasteiger partial charge in [0, 0.05) is 11.1 Å². The largest absolute Gasteiger partial charge is 0.544 e. The molecule has 33 heavy (non-hydrogen) atoms. The predicted octanol–water partition coefficient (Wildman–Crippen LogP) is 2.89. The number of aliphatic hydroxyl groups is 1. The minimum atomic E-state index is -1.40. The zero-order valence-electron chi connectivity index (χ0n) is 18.9. The molecule has 0 saturated carbocycles. The average Bonchev–Trinajstić information content (AvgIpc) is 3.22. The van der Waals surface area contributed by atoms with Gasteiger partial charge < -0.3 is 29.4 Å². The van der Waals surface area contributed by atoms with Gasteiger partial charge in [-0.3, -0.25) is 0 Å². The summed E-state index contributed by atoms with van der Waals surface area (Å²) in [6, 6.07) is 17.6. The van der Waals surface area contributed by atoms with E-state index in [-0.39, 0.29) is 33.7 Å². The molecule has 178 valence electrons. The Hall–Kier alpha value is -2.27. The first-order chi connectivity index (χ1) is 15.3. The lowest BCUT2D eigenvalue weighted by molar-refractivity contribution is -0.906. The lowest BCUT2D eigenvalue weighted by atomic mass is 9.95. The fourth-order valence-corrected chi connectivity index (χ4v) is 4.28. The summed E-state index contributed by atoms with van der Waals surface area (Å²) in [6.45, 7) is 7.71. The normalized spacial score (nSPS) is 10.5.